The first-order valence-corrected chi connectivity index (χ1v) is 7.03. The number of rotatable bonds is 3. The second-order valence-corrected chi connectivity index (χ2v) is 5.50. The van der Waals surface area contributed by atoms with E-state index in [1.165, 1.54) is 0 Å². The van der Waals surface area contributed by atoms with Crippen LogP contribution < -0.4 is 5.32 Å². The van der Waals surface area contributed by atoms with Gasteiger partial charge in [0.25, 0.3) is 5.91 Å². The first-order chi connectivity index (χ1) is 9.08. The van der Waals surface area contributed by atoms with Gasteiger partial charge in [-0.2, -0.15) is 0 Å². The first-order valence-electron chi connectivity index (χ1n) is 5.85. The van der Waals surface area contributed by atoms with E-state index in [-0.39, 0.29) is 5.91 Å². The Hall–Kier alpha value is -1.32. The molecule has 2 aromatic rings. The number of nitrogens with one attached hydrogen (secondary N) is 1. The van der Waals surface area contributed by atoms with Crippen molar-refractivity contribution in [1.82, 2.24) is 5.32 Å². The lowest BCUT2D eigenvalue weighted by molar-refractivity contribution is 0.0951. The van der Waals surface area contributed by atoms with Gasteiger partial charge < -0.3 is 5.32 Å². The average Bonchev–Trinajstić information content (AvgIpc) is 2.40. The number of amides is 1. The molecule has 19 heavy (non-hydrogen) atoms. The lowest BCUT2D eigenvalue weighted by atomic mass is 10.1. The molecule has 0 bridgehead atoms. The van der Waals surface area contributed by atoms with Crippen LogP contribution in [0.2, 0.25) is 5.02 Å². The van der Waals surface area contributed by atoms with Crippen LogP contribution in [0.3, 0.4) is 0 Å². The third kappa shape index (κ3) is 3.58. The second-order valence-electron chi connectivity index (χ2n) is 4.24. The van der Waals surface area contributed by atoms with Crippen LogP contribution >= 0.6 is 27.5 Å². The van der Waals surface area contributed by atoms with Crippen molar-refractivity contribution >= 4 is 33.4 Å². The predicted molar refractivity (Wildman–Crippen MR) is 81.5 cm³/mol. The van der Waals surface area contributed by atoms with E-state index in [0.717, 1.165) is 15.6 Å². The lowest BCUT2D eigenvalue weighted by Gasteiger charge is -2.08. The Morgan fingerprint density at radius 2 is 2.00 bits per heavy atom. The van der Waals surface area contributed by atoms with E-state index < -0.39 is 0 Å². The van der Waals surface area contributed by atoms with Gasteiger partial charge in [0.1, 0.15) is 0 Å². The number of hydrogen-bond acceptors (Lipinski definition) is 1. The summed E-state index contributed by atoms with van der Waals surface area (Å²) in [7, 11) is 0. The highest BCUT2D eigenvalue weighted by molar-refractivity contribution is 9.10. The Morgan fingerprint density at radius 1 is 1.26 bits per heavy atom. The van der Waals surface area contributed by atoms with Crippen molar-refractivity contribution in [1.29, 1.82) is 0 Å². The van der Waals surface area contributed by atoms with Gasteiger partial charge in [-0.25, -0.2) is 0 Å². The van der Waals surface area contributed by atoms with Gasteiger partial charge >= 0.3 is 0 Å². The van der Waals surface area contributed by atoms with Gasteiger partial charge in [0.2, 0.25) is 0 Å². The summed E-state index contributed by atoms with van der Waals surface area (Å²) in [5, 5.41) is 3.48. The summed E-state index contributed by atoms with van der Waals surface area (Å²) >= 11 is 9.46. The van der Waals surface area contributed by atoms with Crippen molar-refractivity contribution in [2.24, 2.45) is 0 Å². The second kappa shape index (κ2) is 6.22. The SMILES string of the molecule is Cc1ccc(C(=O)NCc2ccccc2Br)cc1Cl. The summed E-state index contributed by atoms with van der Waals surface area (Å²) < 4.78 is 0.984. The largest absolute Gasteiger partial charge is 0.348 e. The number of hydrogen-bond donors (Lipinski definition) is 1. The minimum Gasteiger partial charge on any atom is -0.348 e. The molecular weight excluding hydrogens is 326 g/mol. The maximum Gasteiger partial charge on any atom is 0.251 e. The van der Waals surface area contributed by atoms with E-state index in [2.05, 4.69) is 21.2 Å². The molecule has 0 aliphatic heterocycles. The van der Waals surface area contributed by atoms with Crippen LogP contribution in [0, 0.1) is 6.92 Å². The van der Waals surface area contributed by atoms with E-state index in [1.54, 1.807) is 12.1 Å². The molecule has 1 amide bonds. The molecule has 0 unspecified atom stereocenters. The number of aryl methyl sites for hydroxylation is 1. The highest BCUT2D eigenvalue weighted by Crippen LogP contribution is 2.18. The summed E-state index contributed by atoms with van der Waals surface area (Å²) in [5.74, 6) is -0.127. The molecule has 0 fully saturated rings. The zero-order valence-electron chi connectivity index (χ0n) is 10.4. The number of carbonyl (C=O) groups is 1. The summed E-state index contributed by atoms with van der Waals surface area (Å²) in [4.78, 5) is 12.0. The van der Waals surface area contributed by atoms with Gasteiger partial charge in [-0.05, 0) is 36.2 Å². The topological polar surface area (TPSA) is 29.1 Å². The Kier molecular flexibility index (Phi) is 4.61. The Labute approximate surface area is 125 Å². The number of benzene rings is 2. The smallest absolute Gasteiger partial charge is 0.251 e. The van der Waals surface area contributed by atoms with Crippen LogP contribution in [0.15, 0.2) is 46.9 Å². The van der Waals surface area contributed by atoms with E-state index in [9.17, 15) is 4.79 Å². The molecule has 4 heteroatoms. The third-order valence-electron chi connectivity index (χ3n) is 2.83. The molecule has 0 saturated heterocycles. The molecule has 0 atom stereocenters. The van der Waals surface area contributed by atoms with Crippen LogP contribution in [-0.4, -0.2) is 5.91 Å². The highest BCUT2D eigenvalue weighted by atomic mass is 79.9. The standard InChI is InChI=1S/C15H13BrClNO/c1-10-6-7-11(8-14(10)17)15(19)18-9-12-4-2-3-5-13(12)16/h2-8H,9H2,1H3,(H,18,19). The van der Waals surface area contributed by atoms with Crippen LogP contribution in [0.4, 0.5) is 0 Å². The molecule has 2 nitrogen and oxygen atoms in total. The molecular formula is C15H13BrClNO. The number of carbonyl (C=O) groups excluding carboxylic acids is 1. The predicted octanol–water partition coefficient (Wildman–Crippen LogP) is 4.34. The van der Waals surface area contributed by atoms with Crippen molar-refractivity contribution < 1.29 is 4.79 Å². The maximum absolute atomic E-state index is 12.0. The van der Waals surface area contributed by atoms with Crippen LogP contribution in [0.25, 0.3) is 0 Å². The molecule has 0 aliphatic rings. The number of halogens is 2. The van der Waals surface area contributed by atoms with E-state index in [1.807, 2.05) is 37.3 Å². The fraction of sp³-hybridized carbons (Fsp3) is 0.133. The highest BCUT2D eigenvalue weighted by Gasteiger charge is 2.07. The molecule has 0 spiro atoms. The van der Waals surface area contributed by atoms with E-state index in [0.29, 0.717) is 17.1 Å². The van der Waals surface area contributed by atoms with E-state index >= 15 is 0 Å². The Balaban J connectivity index is 2.05. The van der Waals surface area contributed by atoms with Crippen LogP contribution in [0.5, 0.6) is 0 Å². The van der Waals surface area contributed by atoms with Crippen molar-refractivity contribution in [2.75, 3.05) is 0 Å². The monoisotopic (exact) mass is 337 g/mol. The minimum absolute atomic E-state index is 0.127. The van der Waals surface area contributed by atoms with Crippen molar-refractivity contribution in [3.8, 4) is 0 Å². The summed E-state index contributed by atoms with van der Waals surface area (Å²) in [6, 6.07) is 13.1. The molecule has 0 aliphatic carbocycles. The summed E-state index contributed by atoms with van der Waals surface area (Å²) in [5.41, 5.74) is 2.57. The van der Waals surface area contributed by atoms with Gasteiger partial charge in [-0.3, -0.25) is 4.79 Å². The quantitative estimate of drug-likeness (QED) is 0.886. The van der Waals surface area contributed by atoms with Crippen molar-refractivity contribution in [3.63, 3.8) is 0 Å². The minimum atomic E-state index is -0.127. The average molecular weight is 339 g/mol. The third-order valence-corrected chi connectivity index (χ3v) is 4.01. The molecule has 98 valence electrons. The van der Waals surface area contributed by atoms with Crippen molar-refractivity contribution in [3.05, 3.63) is 68.7 Å². The zero-order chi connectivity index (χ0) is 13.8. The molecule has 1 N–H and O–H groups in total. The van der Waals surface area contributed by atoms with E-state index in [4.69, 9.17) is 11.6 Å². The normalized spacial score (nSPS) is 10.3. The van der Waals surface area contributed by atoms with Crippen LogP contribution in [-0.2, 0) is 6.54 Å². The lowest BCUT2D eigenvalue weighted by Crippen LogP contribution is -2.22. The van der Waals surface area contributed by atoms with Gasteiger partial charge in [-0.1, -0.05) is 51.8 Å². The Morgan fingerprint density at radius 3 is 2.68 bits per heavy atom. The van der Waals surface area contributed by atoms with Crippen molar-refractivity contribution in [2.45, 2.75) is 13.5 Å². The molecule has 2 aromatic carbocycles. The maximum atomic E-state index is 12.0. The molecule has 0 radical (unpaired) electrons. The van der Waals surface area contributed by atoms with Gasteiger partial charge in [0, 0.05) is 21.6 Å². The van der Waals surface area contributed by atoms with Gasteiger partial charge in [0.15, 0.2) is 0 Å². The summed E-state index contributed by atoms with van der Waals surface area (Å²) in [6.45, 7) is 2.39. The molecule has 0 aromatic heterocycles. The summed E-state index contributed by atoms with van der Waals surface area (Å²) in [6.07, 6.45) is 0. The van der Waals surface area contributed by atoms with Crippen LogP contribution in [0.1, 0.15) is 21.5 Å². The molecule has 2 rings (SSSR count). The fourth-order valence-electron chi connectivity index (χ4n) is 1.65. The van der Waals surface area contributed by atoms with Gasteiger partial charge in [-0.15, -0.1) is 0 Å². The fourth-order valence-corrected chi connectivity index (χ4v) is 2.26. The zero-order valence-corrected chi connectivity index (χ0v) is 12.8. The molecule has 0 heterocycles. The first kappa shape index (κ1) is 14.1. The van der Waals surface area contributed by atoms with Gasteiger partial charge in [0.05, 0.1) is 0 Å². The Bertz CT molecular complexity index is 613. The molecule has 0 saturated carbocycles.